The van der Waals surface area contributed by atoms with Crippen molar-refractivity contribution in [3.8, 4) is 16.9 Å². The van der Waals surface area contributed by atoms with Gasteiger partial charge in [0.05, 0.1) is 12.7 Å². The van der Waals surface area contributed by atoms with Gasteiger partial charge in [-0.25, -0.2) is 9.59 Å². The lowest BCUT2D eigenvalue weighted by Crippen LogP contribution is -2.12. The van der Waals surface area contributed by atoms with Gasteiger partial charge < -0.3 is 13.9 Å². The van der Waals surface area contributed by atoms with E-state index in [1.165, 1.54) is 7.11 Å². The third-order valence-corrected chi connectivity index (χ3v) is 3.70. The zero-order chi connectivity index (χ0) is 17.1. The van der Waals surface area contributed by atoms with Gasteiger partial charge in [-0.05, 0) is 35.9 Å². The minimum absolute atomic E-state index is 0.213. The van der Waals surface area contributed by atoms with Crippen molar-refractivity contribution in [1.82, 2.24) is 0 Å². The van der Waals surface area contributed by atoms with Crippen molar-refractivity contribution >= 4 is 28.5 Å². The average Bonchev–Trinajstić information content (AvgIpc) is 2.59. The molecular weight excluding hydrogens is 332 g/mol. The molecule has 0 spiro atoms. The van der Waals surface area contributed by atoms with Gasteiger partial charge >= 0.3 is 11.6 Å². The van der Waals surface area contributed by atoms with Crippen molar-refractivity contribution in [3.63, 3.8) is 0 Å². The van der Waals surface area contributed by atoms with Crippen LogP contribution < -0.4 is 10.4 Å². The molecule has 0 amide bonds. The van der Waals surface area contributed by atoms with E-state index in [1.54, 1.807) is 48.5 Å². The Morgan fingerprint density at radius 3 is 2.58 bits per heavy atom. The van der Waals surface area contributed by atoms with E-state index >= 15 is 0 Å². The molecule has 1 aromatic heterocycles. The van der Waals surface area contributed by atoms with Crippen LogP contribution in [-0.4, -0.2) is 19.7 Å². The van der Waals surface area contributed by atoms with Crippen LogP contribution in [-0.2, 0) is 9.53 Å². The number of esters is 1. The summed E-state index contributed by atoms with van der Waals surface area (Å²) in [4.78, 5) is 23.3. The van der Waals surface area contributed by atoms with Gasteiger partial charge in [-0.15, -0.1) is 0 Å². The molecule has 0 atom stereocenters. The maximum atomic E-state index is 12.2. The Balaban J connectivity index is 1.96. The standard InChI is InChI=1S/C18H13ClO5/c1-22-17(20)10-23-14-7-4-12-8-15(18(21)24-16(12)9-14)11-2-5-13(19)6-3-11/h2-9H,10H2,1H3. The SMILES string of the molecule is COC(=O)COc1ccc2cc(-c3ccc(Cl)cc3)c(=O)oc2c1. The summed E-state index contributed by atoms with van der Waals surface area (Å²) in [5, 5.41) is 1.33. The molecule has 0 saturated heterocycles. The first kappa shape index (κ1) is 16.1. The Bertz CT molecular complexity index is 944. The molecule has 0 radical (unpaired) electrons. The van der Waals surface area contributed by atoms with Crippen LogP contribution in [0.2, 0.25) is 5.02 Å². The maximum absolute atomic E-state index is 12.2. The summed E-state index contributed by atoms with van der Waals surface area (Å²) in [6.45, 7) is -0.213. The molecule has 6 heteroatoms. The fraction of sp³-hybridized carbons (Fsp3) is 0.111. The normalized spacial score (nSPS) is 10.6. The number of halogens is 1. The van der Waals surface area contributed by atoms with Crippen molar-refractivity contribution < 1.29 is 18.7 Å². The molecule has 0 fully saturated rings. The predicted octanol–water partition coefficient (Wildman–Crippen LogP) is 3.67. The zero-order valence-corrected chi connectivity index (χ0v) is 13.5. The summed E-state index contributed by atoms with van der Waals surface area (Å²) in [5.41, 5.74) is 1.08. The van der Waals surface area contributed by atoms with E-state index in [4.69, 9.17) is 20.8 Å². The number of hydrogen-bond acceptors (Lipinski definition) is 5. The minimum Gasteiger partial charge on any atom is -0.482 e. The van der Waals surface area contributed by atoms with Gasteiger partial charge in [-0.3, -0.25) is 0 Å². The summed E-state index contributed by atoms with van der Waals surface area (Å²) in [5.74, 6) is -0.0788. The maximum Gasteiger partial charge on any atom is 0.344 e. The van der Waals surface area contributed by atoms with Crippen LogP contribution >= 0.6 is 11.6 Å². The van der Waals surface area contributed by atoms with E-state index in [1.807, 2.05) is 0 Å². The monoisotopic (exact) mass is 344 g/mol. The number of ether oxygens (including phenoxy) is 2. The fourth-order valence-electron chi connectivity index (χ4n) is 2.21. The van der Waals surface area contributed by atoms with Crippen LogP contribution in [0, 0.1) is 0 Å². The zero-order valence-electron chi connectivity index (χ0n) is 12.7. The molecule has 0 aliphatic rings. The predicted molar refractivity (Wildman–Crippen MR) is 90.4 cm³/mol. The molecule has 0 saturated carbocycles. The molecule has 3 rings (SSSR count). The Labute approximate surface area is 142 Å². The molecule has 0 unspecified atom stereocenters. The molecule has 3 aromatic rings. The fourth-order valence-corrected chi connectivity index (χ4v) is 2.34. The Morgan fingerprint density at radius 2 is 1.88 bits per heavy atom. The van der Waals surface area contributed by atoms with Crippen molar-refractivity contribution in [2.24, 2.45) is 0 Å². The average molecular weight is 345 g/mol. The molecule has 122 valence electrons. The molecule has 0 aliphatic carbocycles. The third kappa shape index (κ3) is 3.41. The highest BCUT2D eigenvalue weighted by molar-refractivity contribution is 6.30. The van der Waals surface area contributed by atoms with E-state index in [9.17, 15) is 9.59 Å². The molecule has 0 bridgehead atoms. The van der Waals surface area contributed by atoms with Gasteiger partial charge in [0.25, 0.3) is 0 Å². The largest absolute Gasteiger partial charge is 0.482 e. The summed E-state index contributed by atoms with van der Waals surface area (Å²) in [6.07, 6.45) is 0. The van der Waals surface area contributed by atoms with E-state index in [0.29, 0.717) is 21.9 Å². The number of benzene rings is 2. The lowest BCUT2D eigenvalue weighted by atomic mass is 10.1. The number of fused-ring (bicyclic) bond motifs is 1. The quantitative estimate of drug-likeness (QED) is 0.533. The summed E-state index contributed by atoms with van der Waals surface area (Å²) >= 11 is 5.87. The first-order valence-corrected chi connectivity index (χ1v) is 7.48. The van der Waals surface area contributed by atoms with Gasteiger partial charge in [0.15, 0.2) is 6.61 Å². The van der Waals surface area contributed by atoms with Gasteiger partial charge in [-0.1, -0.05) is 23.7 Å². The van der Waals surface area contributed by atoms with Crippen LogP contribution in [0.5, 0.6) is 5.75 Å². The second-order valence-electron chi connectivity index (χ2n) is 5.02. The van der Waals surface area contributed by atoms with Crippen LogP contribution in [0.4, 0.5) is 0 Å². The van der Waals surface area contributed by atoms with E-state index in [0.717, 1.165) is 10.9 Å². The number of methoxy groups -OCH3 is 1. The first-order valence-electron chi connectivity index (χ1n) is 7.10. The third-order valence-electron chi connectivity index (χ3n) is 3.45. The number of hydrogen-bond donors (Lipinski definition) is 0. The molecule has 24 heavy (non-hydrogen) atoms. The number of rotatable bonds is 4. The second kappa shape index (κ2) is 6.76. The van der Waals surface area contributed by atoms with Crippen molar-refractivity contribution in [1.29, 1.82) is 0 Å². The van der Waals surface area contributed by atoms with E-state index in [2.05, 4.69) is 4.74 Å². The van der Waals surface area contributed by atoms with Gasteiger partial charge in [0.1, 0.15) is 11.3 Å². The van der Waals surface area contributed by atoms with E-state index in [-0.39, 0.29) is 6.61 Å². The van der Waals surface area contributed by atoms with Crippen molar-refractivity contribution in [2.75, 3.05) is 13.7 Å². The Kier molecular flexibility index (Phi) is 4.53. The highest BCUT2D eigenvalue weighted by atomic mass is 35.5. The molecule has 5 nitrogen and oxygen atoms in total. The van der Waals surface area contributed by atoms with E-state index < -0.39 is 11.6 Å². The Morgan fingerprint density at radius 1 is 1.12 bits per heavy atom. The lowest BCUT2D eigenvalue weighted by molar-refractivity contribution is -0.142. The van der Waals surface area contributed by atoms with Crippen LogP contribution in [0.1, 0.15) is 0 Å². The molecule has 0 aliphatic heterocycles. The molecule has 0 N–H and O–H groups in total. The molecule has 2 aromatic carbocycles. The Hall–Kier alpha value is -2.79. The highest BCUT2D eigenvalue weighted by Gasteiger charge is 2.09. The minimum atomic E-state index is -0.491. The van der Waals surface area contributed by atoms with Crippen LogP contribution in [0.25, 0.3) is 22.1 Å². The lowest BCUT2D eigenvalue weighted by Gasteiger charge is -2.06. The topological polar surface area (TPSA) is 65.7 Å². The summed E-state index contributed by atoms with van der Waals surface area (Å²) < 4.78 is 15.2. The van der Waals surface area contributed by atoms with Crippen molar-refractivity contribution in [3.05, 3.63) is 64.0 Å². The molecule has 1 heterocycles. The summed E-state index contributed by atoms with van der Waals surface area (Å²) in [6, 6.07) is 13.7. The number of carbonyl (C=O) groups excluding carboxylic acids is 1. The van der Waals surface area contributed by atoms with Gasteiger partial charge in [0, 0.05) is 16.5 Å². The smallest absolute Gasteiger partial charge is 0.344 e. The van der Waals surface area contributed by atoms with Crippen LogP contribution in [0.15, 0.2) is 57.7 Å². The first-order chi connectivity index (χ1) is 11.6. The second-order valence-corrected chi connectivity index (χ2v) is 5.46. The summed E-state index contributed by atoms with van der Waals surface area (Å²) in [7, 11) is 1.28. The van der Waals surface area contributed by atoms with Crippen LogP contribution in [0.3, 0.4) is 0 Å². The molecular formula is C18H13ClO5. The van der Waals surface area contributed by atoms with Gasteiger partial charge in [0.2, 0.25) is 0 Å². The highest BCUT2D eigenvalue weighted by Crippen LogP contribution is 2.25. The van der Waals surface area contributed by atoms with Crippen molar-refractivity contribution in [2.45, 2.75) is 0 Å². The van der Waals surface area contributed by atoms with Gasteiger partial charge in [-0.2, -0.15) is 0 Å². The number of carbonyl (C=O) groups is 1.